The molecule has 0 bridgehead atoms. The predicted molar refractivity (Wildman–Crippen MR) is 74.3 cm³/mol. The third-order valence-electron chi connectivity index (χ3n) is 4.96. The topological polar surface area (TPSA) is 15.3 Å². The van der Waals surface area contributed by atoms with Crippen LogP contribution in [0.5, 0.6) is 0 Å². The molecule has 0 radical (unpaired) electrons. The maximum Gasteiger partial charge on any atom is 0.0155 e. The van der Waals surface area contributed by atoms with Gasteiger partial charge in [-0.2, -0.15) is 0 Å². The molecule has 0 aromatic heterocycles. The average molecular weight is 238 g/mol. The van der Waals surface area contributed by atoms with E-state index in [-0.39, 0.29) is 0 Å². The zero-order valence-electron chi connectivity index (χ0n) is 12.0. The van der Waals surface area contributed by atoms with Crippen LogP contribution in [0.15, 0.2) is 0 Å². The first kappa shape index (κ1) is 13.4. The van der Waals surface area contributed by atoms with E-state index in [0.29, 0.717) is 5.54 Å². The number of piperidine rings is 2. The lowest BCUT2D eigenvalue weighted by molar-refractivity contribution is 0.0424. The SMILES string of the molecule is CCN1CCC(CC2CCNCC2)CC1(C)C. The minimum Gasteiger partial charge on any atom is -0.317 e. The monoisotopic (exact) mass is 238 g/mol. The summed E-state index contributed by atoms with van der Waals surface area (Å²) in [7, 11) is 0. The van der Waals surface area contributed by atoms with Gasteiger partial charge in [0.05, 0.1) is 0 Å². The molecule has 0 aromatic rings. The highest BCUT2D eigenvalue weighted by Crippen LogP contribution is 2.36. The fraction of sp³-hybridized carbons (Fsp3) is 1.00. The Balaban J connectivity index is 1.82. The Labute approximate surface area is 107 Å². The van der Waals surface area contributed by atoms with Crippen LogP contribution in [0.3, 0.4) is 0 Å². The maximum absolute atomic E-state index is 3.48. The average Bonchev–Trinajstić information content (AvgIpc) is 2.29. The number of nitrogens with zero attached hydrogens (tertiary/aromatic N) is 1. The lowest BCUT2D eigenvalue weighted by atomic mass is 9.76. The van der Waals surface area contributed by atoms with Crippen LogP contribution >= 0.6 is 0 Å². The molecule has 2 heteroatoms. The van der Waals surface area contributed by atoms with Gasteiger partial charge in [0.25, 0.3) is 0 Å². The molecule has 2 saturated heterocycles. The summed E-state index contributed by atoms with van der Waals surface area (Å²) in [4.78, 5) is 2.66. The summed E-state index contributed by atoms with van der Waals surface area (Å²) in [5, 5.41) is 3.48. The summed E-state index contributed by atoms with van der Waals surface area (Å²) in [6.45, 7) is 12.2. The van der Waals surface area contributed by atoms with Gasteiger partial charge in [0.1, 0.15) is 0 Å². The summed E-state index contributed by atoms with van der Waals surface area (Å²) < 4.78 is 0. The fourth-order valence-electron chi connectivity index (χ4n) is 3.95. The molecule has 2 aliphatic rings. The van der Waals surface area contributed by atoms with E-state index in [1.807, 2.05) is 0 Å². The van der Waals surface area contributed by atoms with Crippen LogP contribution in [-0.4, -0.2) is 36.6 Å². The lowest BCUT2D eigenvalue weighted by Gasteiger charge is -2.46. The molecule has 0 aliphatic carbocycles. The summed E-state index contributed by atoms with van der Waals surface area (Å²) in [5.41, 5.74) is 0.435. The van der Waals surface area contributed by atoms with Gasteiger partial charge in [0.2, 0.25) is 0 Å². The molecule has 0 saturated carbocycles. The Morgan fingerprint density at radius 2 is 1.82 bits per heavy atom. The van der Waals surface area contributed by atoms with Gasteiger partial charge < -0.3 is 5.32 Å². The third-order valence-corrected chi connectivity index (χ3v) is 4.96. The van der Waals surface area contributed by atoms with E-state index >= 15 is 0 Å². The molecular weight excluding hydrogens is 208 g/mol. The Bertz CT molecular complexity index is 231. The molecule has 100 valence electrons. The van der Waals surface area contributed by atoms with E-state index in [4.69, 9.17) is 0 Å². The highest BCUT2D eigenvalue weighted by molar-refractivity contribution is 4.89. The molecule has 2 aliphatic heterocycles. The summed E-state index contributed by atoms with van der Waals surface area (Å²) in [6, 6.07) is 0. The van der Waals surface area contributed by atoms with E-state index in [1.165, 1.54) is 58.3 Å². The highest BCUT2D eigenvalue weighted by Gasteiger charge is 2.34. The largest absolute Gasteiger partial charge is 0.317 e. The lowest BCUT2D eigenvalue weighted by Crippen LogP contribution is -2.50. The molecule has 1 atom stereocenters. The summed E-state index contributed by atoms with van der Waals surface area (Å²) in [6.07, 6.45) is 7.15. The molecule has 1 unspecified atom stereocenters. The number of rotatable bonds is 3. The predicted octanol–water partition coefficient (Wildman–Crippen LogP) is 2.89. The van der Waals surface area contributed by atoms with Gasteiger partial charge >= 0.3 is 0 Å². The standard InChI is InChI=1S/C15H30N2/c1-4-17-10-7-14(12-15(17,2)3)11-13-5-8-16-9-6-13/h13-14,16H,4-12H2,1-3H3. The zero-order chi connectivity index (χ0) is 12.3. The Hall–Kier alpha value is -0.0800. The van der Waals surface area contributed by atoms with Gasteiger partial charge in [0, 0.05) is 5.54 Å². The Kier molecular flexibility index (Phi) is 4.48. The van der Waals surface area contributed by atoms with Crippen LogP contribution in [0.1, 0.15) is 52.9 Å². The van der Waals surface area contributed by atoms with Crippen molar-refractivity contribution in [1.29, 1.82) is 0 Å². The second kappa shape index (κ2) is 5.71. The quantitative estimate of drug-likeness (QED) is 0.813. The molecule has 1 N–H and O–H groups in total. The molecular formula is C15H30N2. The molecule has 0 aromatic carbocycles. The van der Waals surface area contributed by atoms with Crippen molar-refractivity contribution in [1.82, 2.24) is 10.2 Å². The Morgan fingerprint density at radius 1 is 1.12 bits per heavy atom. The maximum atomic E-state index is 3.48. The van der Waals surface area contributed by atoms with Crippen LogP contribution in [0, 0.1) is 11.8 Å². The first-order valence-electron chi connectivity index (χ1n) is 7.57. The minimum atomic E-state index is 0.435. The highest BCUT2D eigenvalue weighted by atomic mass is 15.2. The van der Waals surface area contributed by atoms with Crippen LogP contribution < -0.4 is 5.32 Å². The number of hydrogen-bond donors (Lipinski definition) is 1. The van der Waals surface area contributed by atoms with Crippen LogP contribution in [0.4, 0.5) is 0 Å². The van der Waals surface area contributed by atoms with Crippen molar-refractivity contribution < 1.29 is 0 Å². The molecule has 0 amide bonds. The normalized spacial score (nSPS) is 31.6. The van der Waals surface area contributed by atoms with Crippen molar-refractivity contribution >= 4 is 0 Å². The molecule has 0 spiro atoms. The summed E-state index contributed by atoms with van der Waals surface area (Å²) in [5.74, 6) is 1.99. The van der Waals surface area contributed by atoms with Crippen molar-refractivity contribution in [3.63, 3.8) is 0 Å². The van der Waals surface area contributed by atoms with E-state index < -0.39 is 0 Å². The first-order valence-corrected chi connectivity index (χ1v) is 7.57. The van der Waals surface area contributed by atoms with Gasteiger partial charge in [0.15, 0.2) is 0 Å². The first-order chi connectivity index (χ1) is 8.12. The van der Waals surface area contributed by atoms with E-state index in [0.717, 1.165) is 11.8 Å². The summed E-state index contributed by atoms with van der Waals surface area (Å²) >= 11 is 0. The van der Waals surface area contributed by atoms with E-state index in [1.54, 1.807) is 0 Å². The number of hydrogen-bond acceptors (Lipinski definition) is 2. The van der Waals surface area contributed by atoms with Gasteiger partial charge in [-0.15, -0.1) is 0 Å². The minimum absolute atomic E-state index is 0.435. The second-order valence-electron chi connectivity index (χ2n) is 6.68. The van der Waals surface area contributed by atoms with Crippen molar-refractivity contribution in [2.75, 3.05) is 26.2 Å². The molecule has 2 nitrogen and oxygen atoms in total. The van der Waals surface area contributed by atoms with E-state index in [9.17, 15) is 0 Å². The number of likely N-dealkylation sites (tertiary alicyclic amines) is 1. The van der Waals surface area contributed by atoms with Crippen LogP contribution in [0.2, 0.25) is 0 Å². The molecule has 2 fully saturated rings. The number of nitrogens with one attached hydrogen (secondary N) is 1. The molecule has 2 rings (SSSR count). The van der Waals surface area contributed by atoms with Crippen molar-refractivity contribution in [2.45, 2.75) is 58.4 Å². The van der Waals surface area contributed by atoms with E-state index in [2.05, 4.69) is 31.0 Å². The van der Waals surface area contributed by atoms with Crippen molar-refractivity contribution in [3.05, 3.63) is 0 Å². The Morgan fingerprint density at radius 3 is 2.41 bits per heavy atom. The zero-order valence-corrected chi connectivity index (χ0v) is 12.0. The second-order valence-corrected chi connectivity index (χ2v) is 6.68. The fourth-order valence-corrected chi connectivity index (χ4v) is 3.95. The van der Waals surface area contributed by atoms with Crippen molar-refractivity contribution in [3.8, 4) is 0 Å². The van der Waals surface area contributed by atoms with Crippen LogP contribution in [0.25, 0.3) is 0 Å². The van der Waals surface area contributed by atoms with Gasteiger partial charge in [-0.05, 0) is 84.0 Å². The third kappa shape index (κ3) is 3.45. The smallest absolute Gasteiger partial charge is 0.0155 e. The van der Waals surface area contributed by atoms with Gasteiger partial charge in [-0.3, -0.25) is 4.90 Å². The van der Waals surface area contributed by atoms with Crippen LogP contribution in [-0.2, 0) is 0 Å². The van der Waals surface area contributed by atoms with Gasteiger partial charge in [-0.25, -0.2) is 0 Å². The van der Waals surface area contributed by atoms with Gasteiger partial charge in [-0.1, -0.05) is 6.92 Å². The van der Waals surface area contributed by atoms with Crippen molar-refractivity contribution in [2.24, 2.45) is 11.8 Å². The molecule has 17 heavy (non-hydrogen) atoms. The molecule has 2 heterocycles.